The molecule has 2 N–H and O–H groups in total. The Morgan fingerprint density at radius 3 is 2.38 bits per heavy atom. The molecule has 0 amide bonds. The van der Waals surface area contributed by atoms with Crippen LogP contribution < -0.4 is 15.5 Å². The number of fused-ring (bicyclic) bond motifs is 1. The molecule has 1 fully saturated rings. The van der Waals surface area contributed by atoms with E-state index in [-0.39, 0.29) is 0 Å². The number of para-hydroxylation sites is 1. The van der Waals surface area contributed by atoms with Crippen LogP contribution in [-0.2, 0) is 6.54 Å². The summed E-state index contributed by atoms with van der Waals surface area (Å²) in [5, 5.41) is 12.7. The first kappa shape index (κ1) is 22.3. The van der Waals surface area contributed by atoms with E-state index in [0.29, 0.717) is 18.0 Å². The van der Waals surface area contributed by atoms with Gasteiger partial charge >= 0.3 is 0 Å². The van der Waals surface area contributed by atoms with Crippen LogP contribution in [0.2, 0.25) is 0 Å². The van der Waals surface area contributed by atoms with Gasteiger partial charge in [0.15, 0.2) is 0 Å². The molecule has 4 aromatic rings. The molecule has 2 aromatic heterocycles. The second-order valence-corrected chi connectivity index (χ2v) is 9.29. The van der Waals surface area contributed by atoms with Crippen LogP contribution in [0.25, 0.3) is 22.2 Å². The molecule has 7 nitrogen and oxygen atoms in total. The van der Waals surface area contributed by atoms with Gasteiger partial charge in [-0.25, -0.2) is 4.98 Å². The van der Waals surface area contributed by atoms with Crippen LogP contribution in [0.15, 0.2) is 59.1 Å². The molecule has 0 saturated heterocycles. The Balaban J connectivity index is 1.19. The molecule has 7 heteroatoms. The maximum absolute atomic E-state index is 5.51. The topological polar surface area (TPSA) is 79.1 Å². The molecule has 2 heterocycles. The molecule has 176 valence electrons. The second kappa shape index (κ2) is 9.81. The van der Waals surface area contributed by atoms with Gasteiger partial charge in [-0.05, 0) is 44.7 Å². The Bertz CT molecular complexity index is 1240. The third-order valence-electron chi connectivity index (χ3n) is 6.67. The van der Waals surface area contributed by atoms with Crippen molar-refractivity contribution in [1.82, 2.24) is 20.4 Å². The second-order valence-electron chi connectivity index (χ2n) is 9.29. The minimum atomic E-state index is 0.381. The summed E-state index contributed by atoms with van der Waals surface area (Å²) in [5.41, 5.74) is 4.15. The van der Waals surface area contributed by atoms with Gasteiger partial charge in [-0.15, -0.1) is 0 Å². The van der Waals surface area contributed by atoms with E-state index in [9.17, 15) is 0 Å². The van der Waals surface area contributed by atoms with Crippen molar-refractivity contribution in [3.05, 3.63) is 65.9 Å². The van der Waals surface area contributed by atoms with E-state index >= 15 is 0 Å². The number of rotatable bonds is 7. The first-order chi connectivity index (χ1) is 16.6. The van der Waals surface area contributed by atoms with Gasteiger partial charge in [-0.1, -0.05) is 47.6 Å². The van der Waals surface area contributed by atoms with E-state index < -0.39 is 0 Å². The van der Waals surface area contributed by atoms with Gasteiger partial charge in [0.25, 0.3) is 0 Å². The molecule has 0 atom stereocenters. The molecule has 1 aliphatic carbocycles. The molecule has 1 saturated carbocycles. The SMILES string of the molecule is Cc1onc(-c2ccccc2)c1CNC1CCC(Nc2nc(N(C)C)c3ccccc3n2)CC1. The van der Waals surface area contributed by atoms with Gasteiger partial charge in [-0.2, -0.15) is 4.98 Å². The van der Waals surface area contributed by atoms with E-state index in [1.54, 1.807) is 0 Å². The van der Waals surface area contributed by atoms with E-state index in [1.807, 2.05) is 62.3 Å². The van der Waals surface area contributed by atoms with Crippen molar-refractivity contribution >= 4 is 22.7 Å². The quantitative estimate of drug-likeness (QED) is 0.397. The number of aryl methyl sites for hydroxylation is 1. The van der Waals surface area contributed by atoms with E-state index in [0.717, 1.165) is 71.5 Å². The molecule has 0 bridgehead atoms. The predicted octanol–water partition coefficient (Wildman–Crippen LogP) is 5.17. The number of hydrogen-bond donors (Lipinski definition) is 2. The highest BCUT2D eigenvalue weighted by atomic mass is 16.5. The summed E-state index contributed by atoms with van der Waals surface area (Å²) in [6, 6.07) is 19.3. The maximum atomic E-state index is 5.51. The molecule has 1 aliphatic rings. The summed E-state index contributed by atoms with van der Waals surface area (Å²) < 4.78 is 5.51. The van der Waals surface area contributed by atoms with Gasteiger partial charge in [-0.3, -0.25) is 0 Å². The Labute approximate surface area is 200 Å². The minimum Gasteiger partial charge on any atom is -0.362 e. The lowest BCUT2D eigenvalue weighted by Crippen LogP contribution is -2.37. The Hall–Kier alpha value is -3.45. The van der Waals surface area contributed by atoms with Gasteiger partial charge in [0.2, 0.25) is 5.95 Å². The van der Waals surface area contributed by atoms with Crippen LogP contribution in [0.3, 0.4) is 0 Å². The normalized spacial score (nSPS) is 18.2. The molecular weight excluding hydrogens is 424 g/mol. The monoisotopic (exact) mass is 456 g/mol. The maximum Gasteiger partial charge on any atom is 0.225 e. The molecule has 0 radical (unpaired) electrons. The Morgan fingerprint density at radius 1 is 0.912 bits per heavy atom. The summed E-state index contributed by atoms with van der Waals surface area (Å²) in [6.07, 6.45) is 4.38. The lowest BCUT2D eigenvalue weighted by Gasteiger charge is -2.30. The molecule has 0 spiro atoms. The van der Waals surface area contributed by atoms with Crippen LogP contribution in [0.4, 0.5) is 11.8 Å². The van der Waals surface area contributed by atoms with Gasteiger partial charge in [0.05, 0.1) is 5.52 Å². The van der Waals surface area contributed by atoms with E-state index in [1.165, 1.54) is 0 Å². The summed E-state index contributed by atoms with van der Waals surface area (Å²) in [5.74, 6) is 2.54. The number of nitrogens with zero attached hydrogens (tertiary/aromatic N) is 4. The molecule has 0 unspecified atom stereocenters. The van der Waals surface area contributed by atoms with Crippen molar-refractivity contribution in [2.45, 2.75) is 51.2 Å². The fourth-order valence-corrected chi connectivity index (χ4v) is 4.76. The van der Waals surface area contributed by atoms with Crippen molar-refractivity contribution in [3.63, 3.8) is 0 Å². The summed E-state index contributed by atoms with van der Waals surface area (Å²) in [6.45, 7) is 2.76. The van der Waals surface area contributed by atoms with E-state index in [4.69, 9.17) is 14.5 Å². The average molecular weight is 457 g/mol. The Kier molecular flexibility index (Phi) is 6.45. The van der Waals surface area contributed by atoms with E-state index in [2.05, 4.69) is 34.0 Å². The Morgan fingerprint density at radius 2 is 1.62 bits per heavy atom. The van der Waals surface area contributed by atoms with Crippen molar-refractivity contribution in [1.29, 1.82) is 0 Å². The van der Waals surface area contributed by atoms with Crippen molar-refractivity contribution in [2.24, 2.45) is 0 Å². The zero-order valence-electron chi connectivity index (χ0n) is 20.1. The van der Waals surface area contributed by atoms with Crippen LogP contribution in [-0.4, -0.2) is 41.3 Å². The van der Waals surface area contributed by atoms with Crippen LogP contribution in [0.5, 0.6) is 0 Å². The molecular formula is C27H32N6O. The standard InChI is InChI=1S/C27H32N6O/c1-18-23(25(32-34-18)19-9-5-4-6-10-19)17-28-20-13-15-21(16-14-20)29-27-30-24-12-8-7-11-22(24)26(31-27)33(2)3/h4-12,20-21,28H,13-17H2,1-3H3,(H,29,30,31). The number of hydrogen-bond acceptors (Lipinski definition) is 7. The number of benzene rings is 2. The van der Waals surface area contributed by atoms with Crippen molar-refractivity contribution in [2.75, 3.05) is 24.3 Å². The third-order valence-corrected chi connectivity index (χ3v) is 6.67. The molecule has 5 rings (SSSR count). The smallest absolute Gasteiger partial charge is 0.225 e. The zero-order valence-corrected chi connectivity index (χ0v) is 20.1. The highest BCUT2D eigenvalue weighted by molar-refractivity contribution is 5.90. The van der Waals surface area contributed by atoms with Crippen LogP contribution in [0, 0.1) is 6.92 Å². The highest BCUT2D eigenvalue weighted by Crippen LogP contribution is 2.28. The van der Waals surface area contributed by atoms with Gasteiger partial charge in [0, 0.05) is 49.2 Å². The number of nitrogens with one attached hydrogen (secondary N) is 2. The van der Waals surface area contributed by atoms with Gasteiger partial charge in [0.1, 0.15) is 17.3 Å². The molecule has 2 aromatic carbocycles. The largest absolute Gasteiger partial charge is 0.362 e. The summed E-state index contributed by atoms with van der Waals surface area (Å²) in [4.78, 5) is 11.6. The minimum absolute atomic E-state index is 0.381. The summed E-state index contributed by atoms with van der Waals surface area (Å²) >= 11 is 0. The fourth-order valence-electron chi connectivity index (χ4n) is 4.76. The summed E-state index contributed by atoms with van der Waals surface area (Å²) in [7, 11) is 4.05. The lowest BCUT2D eigenvalue weighted by molar-refractivity contribution is 0.350. The lowest BCUT2D eigenvalue weighted by atomic mass is 9.91. The third kappa shape index (κ3) is 4.75. The highest BCUT2D eigenvalue weighted by Gasteiger charge is 2.23. The van der Waals surface area contributed by atoms with Crippen molar-refractivity contribution in [3.8, 4) is 11.3 Å². The molecule has 0 aliphatic heterocycles. The molecule has 34 heavy (non-hydrogen) atoms. The average Bonchev–Trinajstić information content (AvgIpc) is 3.23. The zero-order chi connectivity index (χ0) is 23.5. The fraction of sp³-hybridized carbons (Fsp3) is 0.370. The predicted molar refractivity (Wildman–Crippen MR) is 137 cm³/mol. The van der Waals surface area contributed by atoms with Crippen LogP contribution >= 0.6 is 0 Å². The number of aromatic nitrogens is 3. The van der Waals surface area contributed by atoms with Gasteiger partial charge < -0.3 is 20.1 Å². The first-order valence-electron chi connectivity index (χ1n) is 12.0. The van der Waals surface area contributed by atoms with Crippen LogP contribution in [0.1, 0.15) is 37.0 Å². The number of anilines is 2. The first-order valence-corrected chi connectivity index (χ1v) is 12.0. The van der Waals surface area contributed by atoms with Crippen molar-refractivity contribution < 1.29 is 4.52 Å².